The maximum Gasteiger partial charge on any atom is 0.320 e. The minimum absolute atomic E-state index is 0.0486. The van der Waals surface area contributed by atoms with Crippen LogP contribution in [0.15, 0.2) is 12.7 Å². The van der Waals surface area contributed by atoms with E-state index in [2.05, 4.69) is 6.58 Å². The summed E-state index contributed by atoms with van der Waals surface area (Å²) < 4.78 is 0.180. The summed E-state index contributed by atoms with van der Waals surface area (Å²) in [6.45, 7) is 3.29. The van der Waals surface area contributed by atoms with E-state index in [0.29, 0.717) is 0 Å². The van der Waals surface area contributed by atoms with E-state index in [1.54, 1.807) is 21.1 Å². The summed E-state index contributed by atoms with van der Waals surface area (Å²) in [6.07, 6.45) is 1.13. The van der Waals surface area contributed by atoms with Gasteiger partial charge in [0.15, 0.2) is 5.78 Å². The van der Waals surface area contributed by atoms with Crippen molar-refractivity contribution in [2.75, 3.05) is 21.1 Å². The minimum Gasteiger partial charge on any atom is -0.294 e. The van der Waals surface area contributed by atoms with E-state index in [9.17, 15) is 9.59 Å². The van der Waals surface area contributed by atoms with Crippen LogP contribution in [0.4, 0.5) is 0 Å². The SMILES string of the molecule is C=CC(=O)CC(=O)[N+](C)(C)C. The molecule has 0 aliphatic carbocycles. The number of carbonyl (C=O) groups excluding carboxylic acids is 2. The number of quaternary nitrogens is 1. The molecule has 1 amide bonds. The highest BCUT2D eigenvalue weighted by atomic mass is 16.2. The zero-order chi connectivity index (χ0) is 9.07. The summed E-state index contributed by atoms with van der Waals surface area (Å²) in [7, 11) is 5.20. The molecule has 3 nitrogen and oxygen atoms in total. The lowest BCUT2D eigenvalue weighted by Crippen LogP contribution is -2.41. The largest absolute Gasteiger partial charge is 0.320 e. The molecule has 0 heterocycles. The van der Waals surface area contributed by atoms with Crippen molar-refractivity contribution >= 4 is 11.7 Å². The molecule has 0 unspecified atom stereocenters. The zero-order valence-electron chi connectivity index (χ0n) is 7.26. The molecule has 0 saturated carbocycles. The van der Waals surface area contributed by atoms with Gasteiger partial charge in [0.1, 0.15) is 6.42 Å². The molecule has 62 valence electrons. The van der Waals surface area contributed by atoms with Gasteiger partial charge in [-0.15, -0.1) is 0 Å². The van der Waals surface area contributed by atoms with Gasteiger partial charge in [-0.25, -0.2) is 4.79 Å². The van der Waals surface area contributed by atoms with Gasteiger partial charge in [0, 0.05) is 0 Å². The van der Waals surface area contributed by atoms with Crippen LogP contribution in [0.2, 0.25) is 0 Å². The van der Waals surface area contributed by atoms with Crippen LogP contribution in [-0.4, -0.2) is 37.3 Å². The van der Waals surface area contributed by atoms with Gasteiger partial charge in [-0.3, -0.25) is 9.28 Å². The lowest BCUT2D eigenvalue weighted by molar-refractivity contribution is -0.792. The van der Waals surface area contributed by atoms with Crippen LogP contribution < -0.4 is 0 Å². The normalized spacial score (nSPS) is 10.8. The Morgan fingerprint density at radius 1 is 1.36 bits per heavy atom. The van der Waals surface area contributed by atoms with Crippen molar-refractivity contribution in [3.05, 3.63) is 12.7 Å². The molecule has 0 N–H and O–H groups in total. The van der Waals surface area contributed by atoms with E-state index in [1.807, 2.05) is 0 Å². The van der Waals surface area contributed by atoms with Gasteiger partial charge in [0.25, 0.3) is 0 Å². The van der Waals surface area contributed by atoms with Crippen LogP contribution in [0, 0.1) is 0 Å². The first-order valence-electron chi connectivity index (χ1n) is 3.38. The van der Waals surface area contributed by atoms with E-state index >= 15 is 0 Å². The monoisotopic (exact) mass is 156 g/mol. The minimum atomic E-state index is -0.219. The number of nitrogens with zero attached hydrogens (tertiary/aromatic N) is 1. The fourth-order valence-electron chi connectivity index (χ4n) is 0.458. The van der Waals surface area contributed by atoms with Crippen LogP contribution in [-0.2, 0) is 9.59 Å². The summed E-state index contributed by atoms with van der Waals surface area (Å²) >= 11 is 0. The summed E-state index contributed by atoms with van der Waals surface area (Å²) in [5.41, 5.74) is 0. The van der Waals surface area contributed by atoms with Gasteiger partial charge >= 0.3 is 5.91 Å². The molecular formula is C8H14NO2+. The van der Waals surface area contributed by atoms with E-state index in [0.717, 1.165) is 0 Å². The number of amides is 1. The smallest absolute Gasteiger partial charge is 0.294 e. The third kappa shape index (κ3) is 3.68. The third-order valence-electron chi connectivity index (χ3n) is 1.30. The second-order valence-electron chi connectivity index (χ2n) is 3.25. The second kappa shape index (κ2) is 3.44. The predicted octanol–water partition coefficient (Wildman–Crippen LogP) is 0.364. The Kier molecular flexibility index (Phi) is 3.14. The maximum absolute atomic E-state index is 11.1. The molecule has 0 rings (SSSR count). The predicted molar refractivity (Wildman–Crippen MR) is 42.9 cm³/mol. The van der Waals surface area contributed by atoms with Crippen LogP contribution in [0.1, 0.15) is 6.42 Å². The van der Waals surface area contributed by atoms with Gasteiger partial charge in [0.05, 0.1) is 21.1 Å². The summed E-state index contributed by atoms with van der Waals surface area (Å²) in [5.74, 6) is -0.321. The quantitative estimate of drug-likeness (QED) is 0.336. The standard InChI is InChI=1S/C8H14NO2/c1-5-7(10)6-8(11)9(2,3)4/h5H,1,6H2,2-4H3/q+1. The summed E-state index contributed by atoms with van der Waals surface area (Å²) in [4.78, 5) is 21.9. The molecule has 0 aliphatic rings. The molecule has 0 fully saturated rings. The van der Waals surface area contributed by atoms with Crippen LogP contribution in [0.5, 0.6) is 0 Å². The van der Waals surface area contributed by atoms with E-state index < -0.39 is 0 Å². The Morgan fingerprint density at radius 3 is 2.09 bits per heavy atom. The number of ketones is 1. The lowest BCUT2D eigenvalue weighted by atomic mass is 10.2. The van der Waals surface area contributed by atoms with Crippen molar-refractivity contribution < 1.29 is 14.1 Å². The van der Waals surface area contributed by atoms with Gasteiger partial charge in [0.2, 0.25) is 0 Å². The second-order valence-corrected chi connectivity index (χ2v) is 3.25. The van der Waals surface area contributed by atoms with Crippen molar-refractivity contribution in [2.45, 2.75) is 6.42 Å². The molecular weight excluding hydrogens is 142 g/mol. The molecule has 0 saturated heterocycles. The molecule has 0 radical (unpaired) electrons. The van der Waals surface area contributed by atoms with E-state index in [1.165, 1.54) is 6.08 Å². The molecule has 0 aromatic rings. The average Bonchev–Trinajstić information content (AvgIpc) is 1.85. The molecule has 0 aromatic carbocycles. The van der Waals surface area contributed by atoms with Crippen LogP contribution in [0.25, 0.3) is 0 Å². The van der Waals surface area contributed by atoms with Gasteiger partial charge < -0.3 is 0 Å². The molecule has 3 heteroatoms. The average molecular weight is 156 g/mol. The first-order chi connectivity index (χ1) is 4.88. The number of rotatable bonds is 3. The Bertz CT molecular complexity index is 189. The van der Waals surface area contributed by atoms with Crippen LogP contribution >= 0.6 is 0 Å². The number of hydrogen-bond acceptors (Lipinski definition) is 2. The molecule has 0 spiro atoms. The van der Waals surface area contributed by atoms with Crippen LogP contribution in [0.3, 0.4) is 0 Å². The highest BCUT2D eigenvalue weighted by molar-refractivity contribution is 6.01. The highest BCUT2D eigenvalue weighted by Crippen LogP contribution is 1.97. The number of allylic oxidation sites excluding steroid dienone is 1. The molecule has 0 aliphatic heterocycles. The fraction of sp³-hybridized carbons (Fsp3) is 0.500. The van der Waals surface area contributed by atoms with Crippen molar-refractivity contribution in [2.24, 2.45) is 0 Å². The lowest BCUT2D eigenvalue weighted by Gasteiger charge is -2.19. The Balaban J connectivity index is 4.09. The summed E-state index contributed by atoms with van der Waals surface area (Å²) in [5, 5.41) is 0. The van der Waals surface area contributed by atoms with Gasteiger partial charge in [-0.05, 0) is 6.08 Å². The Morgan fingerprint density at radius 2 is 1.82 bits per heavy atom. The van der Waals surface area contributed by atoms with E-state index in [4.69, 9.17) is 0 Å². The third-order valence-corrected chi connectivity index (χ3v) is 1.30. The Labute approximate surface area is 66.9 Å². The van der Waals surface area contributed by atoms with Gasteiger partial charge in [-0.2, -0.15) is 0 Å². The molecule has 0 atom stereocenters. The molecule has 11 heavy (non-hydrogen) atoms. The topological polar surface area (TPSA) is 34.1 Å². The molecule has 0 bridgehead atoms. The fourth-order valence-corrected chi connectivity index (χ4v) is 0.458. The zero-order valence-corrected chi connectivity index (χ0v) is 7.26. The maximum atomic E-state index is 11.1. The van der Waals surface area contributed by atoms with Crippen molar-refractivity contribution in [3.63, 3.8) is 0 Å². The van der Waals surface area contributed by atoms with Crippen molar-refractivity contribution in [3.8, 4) is 0 Å². The molecule has 0 aromatic heterocycles. The first-order valence-corrected chi connectivity index (χ1v) is 3.38. The number of carbonyl (C=O) groups is 2. The van der Waals surface area contributed by atoms with E-state index in [-0.39, 0.29) is 22.6 Å². The van der Waals surface area contributed by atoms with Gasteiger partial charge in [-0.1, -0.05) is 6.58 Å². The Hall–Kier alpha value is -0.960. The van der Waals surface area contributed by atoms with Crippen molar-refractivity contribution in [1.82, 2.24) is 0 Å². The highest BCUT2D eigenvalue weighted by Gasteiger charge is 2.21. The summed E-state index contributed by atoms with van der Waals surface area (Å²) in [6, 6.07) is 0. The van der Waals surface area contributed by atoms with Crippen molar-refractivity contribution in [1.29, 1.82) is 0 Å². The number of hydrogen-bond donors (Lipinski definition) is 0. The first kappa shape index (κ1) is 10.0.